The van der Waals surface area contributed by atoms with Crippen LogP contribution in [0.15, 0.2) is 54.6 Å². The van der Waals surface area contributed by atoms with Crippen LogP contribution in [0, 0.1) is 17.9 Å². The molecule has 1 aliphatic carbocycles. The molecule has 38 heavy (non-hydrogen) atoms. The van der Waals surface area contributed by atoms with Crippen molar-refractivity contribution in [3.05, 3.63) is 77.1 Å². The SMILES string of the molecule is S.[C-]#[N+]c1ccc(C(=O)NC2(C(C)(C)C(=O)N[C@@H](Cc3ccccc3)C(=O)OCC)CCCCC2C)cc1. The molecule has 8 heteroatoms. The summed E-state index contributed by atoms with van der Waals surface area (Å²) < 4.78 is 5.28. The predicted octanol–water partition coefficient (Wildman–Crippen LogP) is 5.35. The molecule has 0 aliphatic heterocycles. The van der Waals surface area contributed by atoms with Crippen molar-refractivity contribution in [2.24, 2.45) is 11.3 Å². The smallest absolute Gasteiger partial charge is 0.328 e. The summed E-state index contributed by atoms with van der Waals surface area (Å²) in [6.45, 7) is 14.9. The molecule has 204 valence electrons. The quantitative estimate of drug-likeness (QED) is 0.334. The number of benzene rings is 2. The molecule has 1 saturated carbocycles. The summed E-state index contributed by atoms with van der Waals surface area (Å²) in [5.74, 6) is -1.04. The molecule has 3 atom stereocenters. The van der Waals surface area contributed by atoms with E-state index >= 15 is 0 Å². The van der Waals surface area contributed by atoms with Gasteiger partial charge in [0.15, 0.2) is 5.69 Å². The normalized spacial score (nSPS) is 19.7. The number of amides is 2. The molecule has 2 aromatic carbocycles. The molecule has 2 amide bonds. The summed E-state index contributed by atoms with van der Waals surface area (Å²) in [6.07, 6.45) is 3.73. The first-order valence-corrected chi connectivity index (χ1v) is 13.0. The van der Waals surface area contributed by atoms with E-state index in [9.17, 15) is 14.4 Å². The van der Waals surface area contributed by atoms with Crippen molar-refractivity contribution in [2.45, 2.75) is 71.4 Å². The molecule has 1 fully saturated rings. The monoisotopic (exact) mass is 537 g/mol. The van der Waals surface area contributed by atoms with Gasteiger partial charge in [0.1, 0.15) is 6.04 Å². The molecule has 2 unspecified atom stereocenters. The zero-order chi connectivity index (χ0) is 27.1. The lowest BCUT2D eigenvalue weighted by Crippen LogP contribution is -2.68. The highest BCUT2D eigenvalue weighted by Gasteiger charge is 2.55. The van der Waals surface area contributed by atoms with Gasteiger partial charge in [-0.1, -0.05) is 74.4 Å². The average molecular weight is 538 g/mol. The van der Waals surface area contributed by atoms with E-state index in [1.165, 1.54) is 0 Å². The maximum absolute atomic E-state index is 13.9. The van der Waals surface area contributed by atoms with E-state index in [1.54, 1.807) is 31.2 Å². The van der Waals surface area contributed by atoms with Gasteiger partial charge in [0.25, 0.3) is 5.91 Å². The largest absolute Gasteiger partial charge is 0.464 e. The molecule has 2 aromatic rings. The van der Waals surface area contributed by atoms with E-state index in [1.807, 2.05) is 44.2 Å². The van der Waals surface area contributed by atoms with Crippen molar-refractivity contribution >= 4 is 37.0 Å². The van der Waals surface area contributed by atoms with Gasteiger partial charge in [0, 0.05) is 12.0 Å². The van der Waals surface area contributed by atoms with Crippen LogP contribution in [-0.2, 0) is 20.7 Å². The lowest BCUT2D eigenvalue weighted by molar-refractivity contribution is -0.150. The first kappa shape index (κ1) is 30.9. The fourth-order valence-electron chi connectivity index (χ4n) is 5.41. The average Bonchev–Trinajstić information content (AvgIpc) is 2.90. The number of nitrogens with one attached hydrogen (secondary N) is 2. The van der Waals surface area contributed by atoms with E-state index in [0.717, 1.165) is 24.8 Å². The van der Waals surface area contributed by atoms with Gasteiger partial charge in [-0.3, -0.25) is 9.59 Å². The number of ether oxygens (including phenoxy) is 1. The summed E-state index contributed by atoms with van der Waals surface area (Å²) >= 11 is 0. The summed E-state index contributed by atoms with van der Waals surface area (Å²) in [5, 5.41) is 6.20. The Labute approximate surface area is 233 Å². The minimum absolute atomic E-state index is 0. The molecule has 2 N–H and O–H groups in total. The molecule has 1 aliphatic rings. The molecule has 0 heterocycles. The zero-order valence-corrected chi connectivity index (χ0v) is 23.7. The summed E-state index contributed by atoms with van der Waals surface area (Å²) in [5.41, 5.74) is -0.0396. The van der Waals surface area contributed by atoms with Gasteiger partial charge in [-0.15, -0.1) is 0 Å². The van der Waals surface area contributed by atoms with E-state index in [0.29, 0.717) is 24.1 Å². The van der Waals surface area contributed by atoms with Crippen molar-refractivity contribution < 1.29 is 19.1 Å². The molecule has 0 saturated heterocycles. The summed E-state index contributed by atoms with van der Waals surface area (Å²) in [4.78, 5) is 43.5. The molecule has 0 bridgehead atoms. The second-order valence-electron chi connectivity index (χ2n) is 10.3. The second-order valence-corrected chi connectivity index (χ2v) is 10.3. The van der Waals surface area contributed by atoms with Gasteiger partial charge in [-0.2, -0.15) is 13.5 Å². The zero-order valence-electron chi connectivity index (χ0n) is 22.7. The molecular formula is C30H39N3O4S. The molecule has 0 radical (unpaired) electrons. The third-order valence-corrected chi connectivity index (χ3v) is 7.74. The summed E-state index contributed by atoms with van der Waals surface area (Å²) in [6, 6.07) is 15.2. The molecule has 7 nitrogen and oxygen atoms in total. The van der Waals surface area contributed by atoms with Gasteiger partial charge in [-0.05, 0) is 45.1 Å². The van der Waals surface area contributed by atoms with E-state index in [-0.39, 0.29) is 37.8 Å². The number of carbonyl (C=O) groups is 3. The number of rotatable bonds is 9. The van der Waals surface area contributed by atoms with Crippen molar-refractivity contribution in [3.8, 4) is 0 Å². The third-order valence-electron chi connectivity index (χ3n) is 7.74. The Morgan fingerprint density at radius 1 is 1.11 bits per heavy atom. The number of hydrogen-bond acceptors (Lipinski definition) is 4. The Hall–Kier alpha value is -3.31. The van der Waals surface area contributed by atoms with Crippen LogP contribution in [0.2, 0.25) is 0 Å². The first-order chi connectivity index (χ1) is 17.6. The van der Waals surface area contributed by atoms with Crippen molar-refractivity contribution in [1.82, 2.24) is 10.6 Å². The van der Waals surface area contributed by atoms with Crippen LogP contribution in [0.1, 0.15) is 69.3 Å². The minimum Gasteiger partial charge on any atom is -0.464 e. The Kier molecular flexibility index (Phi) is 11.0. The first-order valence-electron chi connectivity index (χ1n) is 13.0. The fraction of sp³-hybridized carbons (Fsp3) is 0.467. The molecule has 3 rings (SSSR count). The molecular weight excluding hydrogens is 498 g/mol. The van der Waals surface area contributed by atoms with Crippen LogP contribution in [0.25, 0.3) is 4.85 Å². The Morgan fingerprint density at radius 2 is 1.76 bits per heavy atom. The van der Waals surface area contributed by atoms with Crippen molar-refractivity contribution in [1.29, 1.82) is 0 Å². The van der Waals surface area contributed by atoms with E-state index in [4.69, 9.17) is 11.3 Å². The Morgan fingerprint density at radius 3 is 2.34 bits per heavy atom. The standard InChI is InChI=1S/C30H37N3O4.H2S/c1-6-37-27(35)25(20-22-13-8-7-9-14-22)32-28(36)29(3,4)30(19-11-10-12-21(30)2)33-26(34)23-15-17-24(31-5)18-16-23;/h7-9,13-18,21,25H,6,10-12,19-20H2,1-4H3,(H,32,36)(H,33,34);1H2/t21?,25-,30?;/m0./s1. The number of hydrogen-bond donors (Lipinski definition) is 2. The van der Waals surface area contributed by atoms with Gasteiger partial charge in [0.2, 0.25) is 5.91 Å². The Balaban J connectivity index is 0.00000507. The predicted molar refractivity (Wildman–Crippen MR) is 153 cm³/mol. The van der Waals surface area contributed by atoms with Crippen LogP contribution in [0.3, 0.4) is 0 Å². The van der Waals surface area contributed by atoms with Crippen LogP contribution in [-0.4, -0.2) is 36.0 Å². The second kappa shape index (κ2) is 13.5. The van der Waals surface area contributed by atoms with Crippen LogP contribution in [0.4, 0.5) is 5.69 Å². The van der Waals surface area contributed by atoms with Gasteiger partial charge in [-0.25, -0.2) is 9.64 Å². The highest BCUT2D eigenvalue weighted by Crippen LogP contribution is 2.46. The van der Waals surface area contributed by atoms with Crippen LogP contribution in [0.5, 0.6) is 0 Å². The Bertz CT molecular complexity index is 1140. The van der Waals surface area contributed by atoms with Gasteiger partial charge in [0.05, 0.1) is 24.1 Å². The highest BCUT2D eigenvalue weighted by atomic mass is 32.1. The third kappa shape index (κ3) is 6.76. The topological polar surface area (TPSA) is 88.9 Å². The lowest BCUT2D eigenvalue weighted by Gasteiger charge is -2.52. The van der Waals surface area contributed by atoms with Crippen LogP contribution >= 0.6 is 13.5 Å². The van der Waals surface area contributed by atoms with Gasteiger partial charge < -0.3 is 15.4 Å². The minimum atomic E-state index is -1.03. The number of nitrogens with zero attached hydrogens (tertiary/aromatic N) is 1. The maximum atomic E-state index is 13.9. The number of carbonyl (C=O) groups excluding carboxylic acids is 3. The van der Waals surface area contributed by atoms with Gasteiger partial charge >= 0.3 is 5.97 Å². The molecule has 0 spiro atoms. The highest BCUT2D eigenvalue weighted by molar-refractivity contribution is 7.59. The van der Waals surface area contributed by atoms with Crippen molar-refractivity contribution in [2.75, 3.05) is 6.61 Å². The summed E-state index contributed by atoms with van der Waals surface area (Å²) in [7, 11) is 0. The van der Waals surface area contributed by atoms with E-state index < -0.39 is 23.0 Å². The van der Waals surface area contributed by atoms with Crippen molar-refractivity contribution in [3.63, 3.8) is 0 Å². The fourth-order valence-corrected chi connectivity index (χ4v) is 5.41. The number of esters is 1. The van der Waals surface area contributed by atoms with E-state index in [2.05, 4.69) is 22.4 Å². The van der Waals surface area contributed by atoms with Crippen LogP contribution < -0.4 is 10.6 Å². The molecule has 0 aromatic heterocycles. The maximum Gasteiger partial charge on any atom is 0.328 e. The lowest BCUT2D eigenvalue weighted by atomic mass is 9.59.